The topological polar surface area (TPSA) is 84.6 Å². The number of amidine groups is 1. The average molecular weight is 653 g/mol. The number of hydrogen-bond donors (Lipinski definition) is 1. The van der Waals surface area contributed by atoms with Crippen molar-refractivity contribution >= 4 is 45.9 Å². The summed E-state index contributed by atoms with van der Waals surface area (Å²) < 4.78 is 42.7. The Labute approximate surface area is 268 Å². The number of carbonyl (C=O) groups excluding carboxylic acids is 1. The highest BCUT2D eigenvalue weighted by molar-refractivity contribution is 8.15. The normalized spacial score (nSPS) is 14.3. The van der Waals surface area contributed by atoms with Gasteiger partial charge < -0.3 is 10.1 Å². The second-order valence-corrected chi connectivity index (χ2v) is 11.9. The molecule has 1 aliphatic rings. The lowest BCUT2D eigenvalue weighted by Gasteiger charge is -2.21. The summed E-state index contributed by atoms with van der Waals surface area (Å²) in [6, 6.07) is 17.5. The molecule has 0 radical (unpaired) electrons. The smallest absolute Gasteiger partial charge is 0.406 e. The zero-order valence-corrected chi connectivity index (χ0v) is 26.5. The third-order valence-corrected chi connectivity index (χ3v) is 8.16. The number of thioether (sulfide) groups is 1. The number of aromatic nitrogens is 3. The van der Waals surface area contributed by atoms with Gasteiger partial charge in [0, 0.05) is 12.1 Å². The van der Waals surface area contributed by atoms with Gasteiger partial charge in [0.25, 0.3) is 0 Å². The summed E-state index contributed by atoms with van der Waals surface area (Å²) >= 11 is 6.87. The average Bonchev–Trinajstić information content (AvgIpc) is 3.60. The SMILES string of the molecule is Cc1cc(C)c(N2C(=O)CSC2=NC(=S)NCCCCc2cccc(-c3ncn(-c4ccc(OC(F)(F)F)cc4)n3)c2)c(C)c1. The predicted octanol–water partition coefficient (Wildman–Crippen LogP) is 7.09. The number of hydrogen-bond acceptors (Lipinski definition) is 6. The molecule has 0 spiro atoms. The molecule has 13 heteroatoms. The number of nitrogens with one attached hydrogen (secondary N) is 1. The van der Waals surface area contributed by atoms with Crippen LogP contribution in [0.3, 0.4) is 0 Å². The van der Waals surface area contributed by atoms with Crippen LogP contribution in [0.1, 0.15) is 35.1 Å². The van der Waals surface area contributed by atoms with E-state index in [-0.39, 0.29) is 11.7 Å². The summed E-state index contributed by atoms with van der Waals surface area (Å²) in [6.45, 7) is 6.69. The molecule has 1 amide bonds. The molecule has 5 rings (SSSR count). The number of nitrogens with zero attached hydrogens (tertiary/aromatic N) is 5. The maximum atomic E-state index is 12.7. The van der Waals surface area contributed by atoms with Gasteiger partial charge in [-0.05, 0) is 99.3 Å². The highest BCUT2D eigenvalue weighted by atomic mass is 32.2. The lowest BCUT2D eigenvalue weighted by molar-refractivity contribution is -0.274. The van der Waals surface area contributed by atoms with Crippen molar-refractivity contribution < 1.29 is 22.7 Å². The Morgan fingerprint density at radius 1 is 1.07 bits per heavy atom. The van der Waals surface area contributed by atoms with Crippen LogP contribution in [-0.2, 0) is 11.2 Å². The fourth-order valence-corrected chi connectivity index (χ4v) is 6.26. The third kappa shape index (κ3) is 8.28. The van der Waals surface area contributed by atoms with Gasteiger partial charge in [0.05, 0.1) is 17.1 Å². The summed E-state index contributed by atoms with van der Waals surface area (Å²) in [5.74, 6) is 0.529. The first-order valence-corrected chi connectivity index (χ1v) is 15.6. The lowest BCUT2D eigenvalue weighted by atomic mass is 10.0. The maximum absolute atomic E-state index is 12.7. The maximum Gasteiger partial charge on any atom is 0.573 e. The molecule has 0 unspecified atom stereocenters. The largest absolute Gasteiger partial charge is 0.573 e. The van der Waals surface area contributed by atoms with Crippen LogP contribution < -0.4 is 15.0 Å². The van der Waals surface area contributed by atoms with Crippen molar-refractivity contribution in [3.05, 3.63) is 89.2 Å². The molecule has 0 bridgehead atoms. The number of rotatable bonds is 9. The van der Waals surface area contributed by atoms with Gasteiger partial charge in [-0.15, -0.1) is 18.3 Å². The molecular weight excluding hydrogens is 622 g/mol. The number of benzene rings is 3. The van der Waals surface area contributed by atoms with Gasteiger partial charge in [-0.1, -0.05) is 47.7 Å². The fourth-order valence-electron chi connectivity index (χ4n) is 5.15. The van der Waals surface area contributed by atoms with Gasteiger partial charge in [0.1, 0.15) is 12.1 Å². The monoisotopic (exact) mass is 652 g/mol. The zero-order valence-electron chi connectivity index (χ0n) is 24.9. The minimum Gasteiger partial charge on any atom is -0.406 e. The number of carbonyl (C=O) groups is 1. The number of anilines is 1. The number of halogens is 3. The number of aryl methyl sites for hydroxylation is 4. The van der Waals surface area contributed by atoms with Crippen molar-refractivity contribution in [1.29, 1.82) is 0 Å². The highest BCUT2D eigenvalue weighted by Gasteiger charge is 2.32. The lowest BCUT2D eigenvalue weighted by Crippen LogP contribution is -2.32. The van der Waals surface area contributed by atoms with Gasteiger partial charge in [-0.3, -0.25) is 9.69 Å². The Bertz CT molecular complexity index is 1710. The van der Waals surface area contributed by atoms with E-state index in [1.165, 1.54) is 47.0 Å². The van der Waals surface area contributed by atoms with E-state index in [9.17, 15) is 18.0 Å². The van der Waals surface area contributed by atoms with Crippen LogP contribution in [0.5, 0.6) is 5.75 Å². The van der Waals surface area contributed by atoms with Crippen molar-refractivity contribution in [3.8, 4) is 22.8 Å². The van der Waals surface area contributed by atoms with E-state index in [1.54, 1.807) is 4.90 Å². The van der Waals surface area contributed by atoms with Gasteiger partial charge in [0.15, 0.2) is 16.1 Å². The number of aliphatic imine (C=N–C) groups is 1. The molecule has 1 fully saturated rings. The fraction of sp³-hybridized carbons (Fsp3) is 0.281. The Morgan fingerprint density at radius 2 is 1.80 bits per heavy atom. The minimum atomic E-state index is -4.74. The molecule has 0 saturated carbocycles. The predicted molar refractivity (Wildman–Crippen MR) is 175 cm³/mol. The zero-order chi connectivity index (χ0) is 32.1. The van der Waals surface area contributed by atoms with E-state index in [4.69, 9.17) is 12.2 Å². The Hall–Kier alpha value is -4.23. The van der Waals surface area contributed by atoms with Crippen LogP contribution in [0, 0.1) is 20.8 Å². The number of ether oxygens (including phenoxy) is 1. The van der Waals surface area contributed by atoms with E-state index in [0.29, 0.717) is 34.1 Å². The number of thiocarbonyl (C=S) groups is 1. The highest BCUT2D eigenvalue weighted by Crippen LogP contribution is 2.33. The summed E-state index contributed by atoms with van der Waals surface area (Å²) in [7, 11) is 0. The molecule has 1 aromatic heterocycles. The summed E-state index contributed by atoms with van der Waals surface area (Å²) in [6.07, 6.45) is -0.622. The first kappa shape index (κ1) is 32.2. The number of alkyl halides is 3. The molecule has 0 aliphatic carbocycles. The van der Waals surface area contributed by atoms with Crippen molar-refractivity contribution in [2.75, 3.05) is 17.2 Å². The van der Waals surface area contributed by atoms with Crippen LogP contribution in [0.25, 0.3) is 17.1 Å². The van der Waals surface area contributed by atoms with Gasteiger partial charge >= 0.3 is 6.36 Å². The summed E-state index contributed by atoms with van der Waals surface area (Å²) in [5.41, 5.74) is 6.59. The van der Waals surface area contributed by atoms with Crippen LogP contribution in [-0.4, -0.2) is 49.6 Å². The molecule has 0 atom stereocenters. The Morgan fingerprint density at radius 3 is 2.51 bits per heavy atom. The molecule has 1 aliphatic heterocycles. The van der Waals surface area contributed by atoms with Crippen molar-refractivity contribution in [2.45, 2.75) is 46.4 Å². The molecule has 1 saturated heterocycles. The van der Waals surface area contributed by atoms with Crippen LogP contribution in [0.2, 0.25) is 0 Å². The standard InChI is InChI=1S/C32H31F3N6O2S2/c1-20-15-21(2)28(22(3)16-20)41-27(42)18-45-31(41)38-30(44)36-14-5-4-7-23-8-6-9-24(17-23)29-37-19-40(39-29)25-10-12-26(13-11-25)43-32(33,34)35/h6,8-13,15-17,19H,4-5,7,14,18H2,1-3H3,(H,36,44). The van der Waals surface area contributed by atoms with Crippen LogP contribution in [0.15, 0.2) is 72.0 Å². The van der Waals surface area contributed by atoms with Gasteiger partial charge in [0.2, 0.25) is 5.91 Å². The Kier molecular flexibility index (Phi) is 9.88. The molecule has 2 heterocycles. The quantitative estimate of drug-likeness (QED) is 0.153. The minimum absolute atomic E-state index is 0.00517. The number of amides is 1. The first-order chi connectivity index (χ1) is 21.5. The van der Waals surface area contributed by atoms with Gasteiger partial charge in [-0.25, -0.2) is 9.67 Å². The Balaban J connectivity index is 1.12. The molecular formula is C32H31F3N6O2S2. The van der Waals surface area contributed by atoms with Crippen molar-refractivity contribution in [1.82, 2.24) is 20.1 Å². The summed E-state index contributed by atoms with van der Waals surface area (Å²) in [4.78, 5) is 23.4. The van der Waals surface area contributed by atoms with E-state index >= 15 is 0 Å². The molecule has 3 aromatic carbocycles. The van der Waals surface area contributed by atoms with Crippen molar-refractivity contribution in [3.63, 3.8) is 0 Å². The molecule has 4 aromatic rings. The van der Waals surface area contributed by atoms with E-state index in [0.717, 1.165) is 52.8 Å². The van der Waals surface area contributed by atoms with E-state index in [2.05, 4.69) is 37.3 Å². The summed E-state index contributed by atoms with van der Waals surface area (Å²) in [5, 5.41) is 8.63. The molecule has 1 N–H and O–H groups in total. The van der Waals surface area contributed by atoms with Crippen molar-refractivity contribution in [2.24, 2.45) is 4.99 Å². The molecule has 45 heavy (non-hydrogen) atoms. The molecule has 234 valence electrons. The van der Waals surface area contributed by atoms with Crippen LogP contribution >= 0.6 is 24.0 Å². The van der Waals surface area contributed by atoms with E-state index < -0.39 is 6.36 Å². The van der Waals surface area contributed by atoms with E-state index in [1.807, 2.05) is 45.0 Å². The first-order valence-electron chi connectivity index (χ1n) is 14.2. The van der Waals surface area contributed by atoms with Crippen LogP contribution in [0.4, 0.5) is 18.9 Å². The van der Waals surface area contributed by atoms with Gasteiger partial charge in [-0.2, -0.15) is 4.99 Å². The second-order valence-electron chi connectivity index (χ2n) is 10.6. The molecule has 8 nitrogen and oxygen atoms in total. The second kappa shape index (κ2) is 13.8. The third-order valence-electron chi connectivity index (χ3n) is 7.00. The number of unbranched alkanes of at least 4 members (excludes halogenated alkanes) is 1.